The Bertz CT molecular complexity index is 919. The largest absolute Gasteiger partial charge is 0.244 e. The van der Waals surface area contributed by atoms with Crippen molar-refractivity contribution in [2.45, 2.75) is 25.9 Å². The lowest BCUT2D eigenvalue weighted by atomic mass is 10.2. The van der Waals surface area contributed by atoms with Crippen LogP contribution < -0.4 is 4.72 Å². The molecule has 3 rings (SSSR count). The summed E-state index contributed by atoms with van der Waals surface area (Å²) in [6, 6.07) is 13.5. The van der Waals surface area contributed by atoms with Crippen LogP contribution in [0.1, 0.15) is 35.1 Å². The van der Waals surface area contributed by atoms with E-state index in [-0.39, 0.29) is 0 Å². The van der Waals surface area contributed by atoms with Crippen molar-refractivity contribution in [3.63, 3.8) is 0 Å². The Morgan fingerprint density at radius 1 is 1.20 bits per heavy atom. The second-order valence-corrected chi connectivity index (χ2v) is 8.71. The van der Waals surface area contributed by atoms with Gasteiger partial charge in [-0.3, -0.25) is 0 Å². The molecular formula is C17H20N4O2S2. The van der Waals surface area contributed by atoms with Gasteiger partial charge in [-0.2, -0.15) is 5.10 Å². The first-order valence-corrected chi connectivity index (χ1v) is 10.6. The molecule has 6 nitrogen and oxygen atoms in total. The molecule has 0 fully saturated rings. The summed E-state index contributed by atoms with van der Waals surface area (Å²) in [5.74, 6) is 1.30. The summed E-state index contributed by atoms with van der Waals surface area (Å²) in [5.41, 5.74) is 1.09. The molecule has 0 spiro atoms. The Morgan fingerprint density at radius 3 is 2.60 bits per heavy atom. The third-order valence-corrected chi connectivity index (χ3v) is 5.27. The molecule has 2 heterocycles. The average molecular weight is 377 g/mol. The summed E-state index contributed by atoms with van der Waals surface area (Å²) >= 11 is 1.65. The van der Waals surface area contributed by atoms with Gasteiger partial charge < -0.3 is 0 Å². The molecule has 0 saturated carbocycles. The molecule has 2 aromatic heterocycles. The molecule has 1 aromatic carbocycles. The van der Waals surface area contributed by atoms with Crippen LogP contribution in [0.4, 0.5) is 0 Å². The molecule has 1 N–H and O–H groups in total. The van der Waals surface area contributed by atoms with Crippen molar-refractivity contribution in [1.29, 1.82) is 0 Å². The summed E-state index contributed by atoms with van der Waals surface area (Å²) in [5, 5.41) is 6.63. The van der Waals surface area contributed by atoms with E-state index in [2.05, 4.69) is 14.8 Å². The van der Waals surface area contributed by atoms with Gasteiger partial charge in [-0.1, -0.05) is 36.4 Å². The number of benzene rings is 1. The third kappa shape index (κ3) is 4.97. The maximum atomic E-state index is 11.6. The van der Waals surface area contributed by atoms with E-state index in [1.54, 1.807) is 22.9 Å². The standard InChI is InChI=1S/C17H20N4O2S2/c1-13(20-25(2,22)23)17-18-16(11-15-9-6-10-24-15)19-21(17)12-14-7-4-3-5-8-14/h3-10,13,20H,11-12H2,1-2H3. The zero-order valence-corrected chi connectivity index (χ0v) is 15.7. The van der Waals surface area contributed by atoms with Crippen LogP contribution in [0.25, 0.3) is 0 Å². The molecule has 1 unspecified atom stereocenters. The van der Waals surface area contributed by atoms with E-state index in [4.69, 9.17) is 0 Å². The van der Waals surface area contributed by atoms with Crippen molar-refractivity contribution >= 4 is 21.4 Å². The van der Waals surface area contributed by atoms with Crippen molar-refractivity contribution < 1.29 is 8.42 Å². The molecule has 0 bridgehead atoms. The minimum absolute atomic E-state index is 0.455. The number of sulfonamides is 1. The van der Waals surface area contributed by atoms with Gasteiger partial charge in [0.2, 0.25) is 10.0 Å². The third-order valence-electron chi connectivity index (χ3n) is 3.61. The summed E-state index contributed by atoms with van der Waals surface area (Å²) < 4.78 is 27.5. The molecule has 0 saturated heterocycles. The molecule has 0 aliphatic carbocycles. The average Bonchev–Trinajstić information content (AvgIpc) is 3.17. The topological polar surface area (TPSA) is 76.9 Å². The maximum absolute atomic E-state index is 11.6. The highest BCUT2D eigenvalue weighted by Gasteiger charge is 2.20. The van der Waals surface area contributed by atoms with Crippen LogP contribution >= 0.6 is 11.3 Å². The fourth-order valence-corrected chi connectivity index (χ4v) is 4.06. The first-order chi connectivity index (χ1) is 11.9. The quantitative estimate of drug-likeness (QED) is 0.688. The first kappa shape index (κ1) is 17.8. The van der Waals surface area contributed by atoms with Crippen LogP contribution in [0.15, 0.2) is 47.8 Å². The molecule has 132 valence electrons. The monoisotopic (exact) mass is 376 g/mol. The smallest absolute Gasteiger partial charge is 0.209 e. The number of hydrogen-bond donors (Lipinski definition) is 1. The molecule has 0 radical (unpaired) electrons. The highest BCUT2D eigenvalue weighted by molar-refractivity contribution is 7.88. The summed E-state index contributed by atoms with van der Waals surface area (Å²) in [6.45, 7) is 2.32. The van der Waals surface area contributed by atoms with Crippen molar-refractivity contribution in [3.05, 3.63) is 69.9 Å². The van der Waals surface area contributed by atoms with Crippen molar-refractivity contribution in [2.24, 2.45) is 0 Å². The minimum atomic E-state index is -3.33. The molecule has 0 aliphatic heterocycles. The maximum Gasteiger partial charge on any atom is 0.209 e. The van der Waals surface area contributed by atoms with Gasteiger partial charge in [0.05, 0.1) is 18.8 Å². The second-order valence-electron chi connectivity index (χ2n) is 5.90. The minimum Gasteiger partial charge on any atom is -0.244 e. The van der Waals surface area contributed by atoms with Gasteiger partial charge in [-0.05, 0) is 23.9 Å². The van der Waals surface area contributed by atoms with Crippen LogP contribution in [0, 0.1) is 0 Å². The number of nitrogens with one attached hydrogen (secondary N) is 1. The Morgan fingerprint density at radius 2 is 1.96 bits per heavy atom. The van der Waals surface area contributed by atoms with E-state index in [1.165, 1.54) is 4.88 Å². The lowest BCUT2D eigenvalue weighted by Gasteiger charge is -2.13. The molecule has 3 aromatic rings. The second kappa shape index (κ2) is 7.47. The predicted octanol–water partition coefficient (Wildman–Crippen LogP) is 2.59. The van der Waals surface area contributed by atoms with Crippen LogP contribution in [-0.2, 0) is 23.0 Å². The fraction of sp³-hybridized carbons (Fsp3) is 0.294. The molecule has 0 aliphatic rings. The van der Waals surface area contributed by atoms with Crippen molar-refractivity contribution in [1.82, 2.24) is 19.5 Å². The zero-order valence-electron chi connectivity index (χ0n) is 14.1. The predicted molar refractivity (Wildman–Crippen MR) is 99.1 cm³/mol. The van der Waals surface area contributed by atoms with Gasteiger partial charge in [-0.15, -0.1) is 11.3 Å². The van der Waals surface area contributed by atoms with Crippen LogP contribution in [-0.4, -0.2) is 29.4 Å². The first-order valence-electron chi connectivity index (χ1n) is 7.88. The van der Waals surface area contributed by atoms with Gasteiger partial charge >= 0.3 is 0 Å². The van der Waals surface area contributed by atoms with Crippen LogP contribution in [0.2, 0.25) is 0 Å². The van der Waals surface area contributed by atoms with Crippen molar-refractivity contribution in [2.75, 3.05) is 6.26 Å². The Hall–Kier alpha value is -2.03. The summed E-state index contributed by atoms with van der Waals surface area (Å²) in [6.07, 6.45) is 1.78. The van der Waals surface area contributed by atoms with E-state index in [1.807, 2.05) is 47.8 Å². The SMILES string of the molecule is CC(NS(C)(=O)=O)c1nc(Cc2cccs2)nn1Cc1ccccc1. The number of hydrogen-bond acceptors (Lipinski definition) is 5. The van der Waals surface area contributed by atoms with E-state index >= 15 is 0 Å². The Balaban J connectivity index is 1.90. The van der Waals surface area contributed by atoms with Gasteiger partial charge in [0.1, 0.15) is 5.82 Å². The fourth-order valence-electron chi connectivity index (χ4n) is 2.61. The van der Waals surface area contributed by atoms with Gasteiger partial charge in [0.25, 0.3) is 0 Å². The number of aromatic nitrogens is 3. The van der Waals surface area contributed by atoms with Gasteiger partial charge in [0, 0.05) is 11.3 Å². The number of nitrogens with zero attached hydrogens (tertiary/aromatic N) is 3. The summed E-state index contributed by atoms with van der Waals surface area (Å²) in [4.78, 5) is 5.77. The molecular weight excluding hydrogens is 356 g/mol. The number of thiophene rings is 1. The van der Waals surface area contributed by atoms with E-state index in [9.17, 15) is 8.42 Å². The highest BCUT2D eigenvalue weighted by Crippen LogP contribution is 2.17. The van der Waals surface area contributed by atoms with Crippen molar-refractivity contribution in [3.8, 4) is 0 Å². The lowest BCUT2D eigenvalue weighted by molar-refractivity contribution is 0.541. The molecule has 1 atom stereocenters. The lowest BCUT2D eigenvalue weighted by Crippen LogP contribution is -2.28. The van der Waals surface area contributed by atoms with Crippen LogP contribution in [0.3, 0.4) is 0 Å². The summed E-state index contributed by atoms with van der Waals surface area (Å²) in [7, 11) is -3.33. The molecule has 8 heteroatoms. The Kier molecular flexibility index (Phi) is 5.31. The van der Waals surface area contributed by atoms with Crippen LogP contribution in [0.5, 0.6) is 0 Å². The highest BCUT2D eigenvalue weighted by atomic mass is 32.2. The normalized spacial score (nSPS) is 13.0. The van der Waals surface area contributed by atoms with Gasteiger partial charge in [-0.25, -0.2) is 22.8 Å². The molecule has 25 heavy (non-hydrogen) atoms. The molecule has 0 amide bonds. The van der Waals surface area contributed by atoms with E-state index < -0.39 is 16.1 Å². The Labute approximate surface area is 151 Å². The van der Waals surface area contributed by atoms with E-state index in [0.29, 0.717) is 24.6 Å². The zero-order chi connectivity index (χ0) is 17.9. The van der Waals surface area contributed by atoms with E-state index in [0.717, 1.165) is 11.8 Å². The number of rotatable bonds is 7. The van der Waals surface area contributed by atoms with Gasteiger partial charge in [0.15, 0.2) is 5.82 Å².